The van der Waals surface area contributed by atoms with Gasteiger partial charge in [-0.05, 0) is 46.5 Å². The van der Waals surface area contributed by atoms with Crippen LogP contribution in [-0.2, 0) is 4.74 Å². The minimum Gasteiger partial charge on any atom is -0.392 e. The van der Waals surface area contributed by atoms with Gasteiger partial charge in [-0.3, -0.25) is 4.99 Å². The van der Waals surface area contributed by atoms with E-state index in [9.17, 15) is 5.11 Å². The van der Waals surface area contributed by atoms with Gasteiger partial charge in [-0.1, -0.05) is 19.8 Å². The lowest BCUT2D eigenvalue weighted by atomic mass is 9.73. The van der Waals surface area contributed by atoms with Crippen molar-refractivity contribution in [3.05, 3.63) is 0 Å². The third kappa shape index (κ3) is 7.59. The maximum atomic E-state index is 10.4. The van der Waals surface area contributed by atoms with Crippen molar-refractivity contribution >= 4 is 5.96 Å². The highest BCUT2D eigenvalue weighted by molar-refractivity contribution is 5.80. The third-order valence-electron chi connectivity index (χ3n) is 6.01. The number of aliphatic hydroxyl groups excluding tert-OH is 1. The van der Waals surface area contributed by atoms with E-state index in [1.165, 1.54) is 6.42 Å². The van der Waals surface area contributed by atoms with E-state index >= 15 is 0 Å². The number of aliphatic hydroxyl groups is 1. The van der Waals surface area contributed by atoms with Crippen LogP contribution in [0.15, 0.2) is 4.99 Å². The van der Waals surface area contributed by atoms with Crippen molar-refractivity contribution in [2.75, 3.05) is 39.3 Å². The minimum atomic E-state index is -0.228. The van der Waals surface area contributed by atoms with Crippen LogP contribution in [0.5, 0.6) is 0 Å². The minimum absolute atomic E-state index is 0.0830. The molecule has 0 bridgehead atoms. The Balaban J connectivity index is 1.78. The van der Waals surface area contributed by atoms with Crippen LogP contribution in [0.25, 0.3) is 0 Å². The molecule has 158 valence electrons. The largest absolute Gasteiger partial charge is 0.392 e. The molecule has 2 aliphatic rings. The second-order valence-corrected chi connectivity index (χ2v) is 8.79. The van der Waals surface area contributed by atoms with Crippen molar-refractivity contribution in [2.45, 2.75) is 84.5 Å². The molecule has 0 spiro atoms. The standard InChI is InChI=1S/C21H42N4O2/c1-5-22-20(23-16-21(4)11-7-6-8-19(21)26)24-18-9-12-25(13-10-18)14-15-27-17(2)3/h17-19,26H,5-16H2,1-4H3,(H2,22,23,24). The Kier molecular flexibility index (Phi) is 9.33. The molecule has 0 aromatic carbocycles. The zero-order chi connectivity index (χ0) is 19.7. The average molecular weight is 383 g/mol. The van der Waals surface area contributed by atoms with Gasteiger partial charge in [0.1, 0.15) is 0 Å². The lowest BCUT2D eigenvalue weighted by Crippen LogP contribution is -2.49. The number of piperidine rings is 1. The molecule has 6 nitrogen and oxygen atoms in total. The molecule has 0 radical (unpaired) electrons. The lowest BCUT2D eigenvalue weighted by Gasteiger charge is -2.37. The fraction of sp³-hybridized carbons (Fsp3) is 0.952. The molecular formula is C21H42N4O2. The van der Waals surface area contributed by atoms with Gasteiger partial charge in [0.25, 0.3) is 0 Å². The highest BCUT2D eigenvalue weighted by Gasteiger charge is 2.35. The summed E-state index contributed by atoms with van der Waals surface area (Å²) in [7, 11) is 0. The number of nitrogens with one attached hydrogen (secondary N) is 2. The first-order chi connectivity index (χ1) is 12.9. The molecule has 1 saturated heterocycles. The highest BCUT2D eigenvalue weighted by atomic mass is 16.5. The van der Waals surface area contributed by atoms with E-state index in [0.29, 0.717) is 18.7 Å². The first kappa shape index (κ1) is 22.4. The molecule has 2 atom stereocenters. The van der Waals surface area contributed by atoms with Crippen molar-refractivity contribution in [1.82, 2.24) is 15.5 Å². The van der Waals surface area contributed by atoms with E-state index in [0.717, 1.165) is 70.8 Å². The Bertz CT molecular complexity index is 449. The summed E-state index contributed by atoms with van der Waals surface area (Å²) >= 11 is 0. The maximum absolute atomic E-state index is 10.4. The third-order valence-corrected chi connectivity index (χ3v) is 6.01. The van der Waals surface area contributed by atoms with Gasteiger partial charge in [-0.25, -0.2) is 0 Å². The molecule has 1 aliphatic carbocycles. The van der Waals surface area contributed by atoms with Crippen LogP contribution < -0.4 is 10.6 Å². The van der Waals surface area contributed by atoms with Crippen LogP contribution >= 0.6 is 0 Å². The molecule has 0 aromatic rings. The Morgan fingerprint density at radius 3 is 2.63 bits per heavy atom. The zero-order valence-corrected chi connectivity index (χ0v) is 18.0. The maximum Gasteiger partial charge on any atom is 0.191 e. The second kappa shape index (κ2) is 11.2. The van der Waals surface area contributed by atoms with Crippen LogP contribution in [0, 0.1) is 5.41 Å². The van der Waals surface area contributed by atoms with Gasteiger partial charge in [-0.2, -0.15) is 0 Å². The molecule has 0 amide bonds. The summed E-state index contributed by atoms with van der Waals surface area (Å²) in [5.74, 6) is 0.901. The van der Waals surface area contributed by atoms with E-state index in [4.69, 9.17) is 9.73 Å². The van der Waals surface area contributed by atoms with Gasteiger partial charge in [0, 0.05) is 37.6 Å². The van der Waals surface area contributed by atoms with Crippen LogP contribution in [-0.4, -0.2) is 73.5 Å². The Morgan fingerprint density at radius 2 is 2.00 bits per heavy atom. The van der Waals surface area contributed by atoms with Crippen molar-refractivity contribution in [3.63, 3.8) is 0 Å². The molecule has 27 heavy (non-hydrogen) atoms. The molecule has 3 N–H and O–H groups in total. The molecule has 1 heterocycles. The topological polar surface area (TPSA) is 69.1 Å². The number of rotatable bonds is 8. The summed E-state index contributed by atoms with van der Waals surface area (Å²) in [6.45, 7) is 14.1. The zero-order valence-electron chi connectivity index (χ0n) is 18.0. The summed E-state index contributed by atoms with van der Waals surface area (Å²) < 4.78 is 5.67. The molecule has 1 saturated carbocycles. The normalized spacial score (nSPS) is 28.5. The SMILES string of the molecule is CCNC(=NCC1(C)CCCCC1O)NC1CCN(CCOC(C)C)CC1. The van der Waals surface area contributed by atoms with E-state index in [1.54, 1.807) is 0 Å². The van der Waals surface area contributed by atoms with Crippen LogP contribution in [0.2, 0.25) is 0 Å². The van der Waals surface area contributed by atoms with E-state index in [1.807, 2.05) is 0 Å². The number of aliphatic imine (C=N–C) groups is 1. The van der Waals surface area contributed by atoms with Gasteiger partial charge >= 0.3 is 0 Å². The molecule has 2 fully saturated rings. The average Bonchev–Trinajstić information content (AvgIpc) is 2.64. The molecule has 6 heteroatoms. The number of likely N-dealkylation sites (tertiary alicyclic amines) is 1. The summed E-state index contributed by atoms with van der Waals surface area (Å²) in [6, 6.07) is 0.467. The molecule has 1 aliphatic heterocycles. The first-order valence-electron chi connectivity index (χ1n) is 11.0. The number of ether oxygens (including phenoxy) is 1. The number of nitrogens with zero attached hydrogens (tertiary/aromatic N) is 2. The number of hydrogen-bond acceptors (Lipinski definition) is 4. The van der Waals surface area contributed by atoms with Gasteiger partial charge in [0.05, 0.1) is 25.4 Å². The summed E-state index contributed by atoms with van der Waals surface area (Å²) in [4.78, 5) is 7.33. The van der Waals surface area contributed by atoms with Crippen molar-refractivity contribution < 1.29 is 9.84 Å². The fourth-order valence-corrected chi connectivity index (χ4v) is 4.06. The van der Waals surface area contributed by atoms with Crippen LogP contribution in [0.3, 0.4) is 0 Å². The highest BCUT2D eigenvalue weighted by Crippen LogP contribution is 2.36. The predicted molar refractivity (Wildman–Crippen MR) is 112 cm³/mol. The summed E-state index contributed by atoms with van der Waals surface area (Å²) in [5.41, 5.74) is -0.0830. The monoisotopic (exact) mass is 382 g/mol. The van der Waals surface area contributed by atoms with Crippen molar-refractivity contribution in [3.8, 4) is 0 Å². The first-order valence-corrected chi connectivity index (χ1v) is 11.0. The second-order valence-electron chi connectivity index (χ2n) is 8.79. The quantitative estimate of drug-likeness (QED) is 0.444. The van der Waals surface area contributed by atoms with E-state index in [-0.39, 0.29) is 11.5 Å². The van der Waals surface area contributed by atoms with E-state index in [2.05, 4.69) is 43.2 Å². The smallest absolute Gasteiger partial charge is 0.191 e. The van der Waals surface area contributed by atoms with Gasteiger partial charge < -0.3 is 25.4 Å². The molecule has 2 rings (SSSR count). The van der Waals surface area contributed by atoms with Crippen molar-refractivity contribution in [1.29, 1.82) is 0 Å². The molecule has 2 unspecified atom stereocenters. The molecular weight excluding hydrogens is 340 g/mol. The summed E-state index contributed by atoms with van der Waals surface area (Å²) in [6.07, 6.45) is 6.66. The van der Waals surface area contributed by atoms with E-state index < -0.39 is 0 Å². The number of guanidine groups is 1. The van der Waals surface area contributed by atoms with Gasteiger partial charge in [-0.15, -0.1) is 0 Å². The Morgan fingerprint density at radius 1 is 1.26 bits per heavy atom. The fourth-order valence-electron chi connectivity index (χ4n) is 4.06. The van der Waals surface area contributed by atoms with Gasteiger partial charge in [0.2, 0.25) is 0 Å². The van der Waals surface area contributed by atoms with Crippen LogP contribution in [0.1, 0.15) is 66.2 Å². The molecule has 0 aromatic heterocycles. The van der Waals surface area contributed by atoms with Crippen molar-refractivity contribution in [2.24, 2.45) is 10.4 Å². The summed E-state index contributed by atoms with van der Waals surface area (Å²) in [5, 5.41) is 17.4. The lowest BCUT2D eigenvalue weighted by molar-refractivity contribution is 0.00714. The van der Waals surface area contributed by atoms with Gasteiger partial charge in [0.15, 0.2) is 5.96 Å². The number of hydrogen-bond donors (Lipinski definition) is 3. The van der Waals surface area contributed by atoms with Crippen LogP contribution in [0.4, 0.5) is 0 Å². The Labute approximate surface area is 166 Å². The predicted octanol–water partition coefficient (Wildman–Crippen LogP) is 2.37. The Hall–Kier alpha value is -0.850.